The summed E-state index contributed by atoms with van der Waals surface area (Å²) in [5, 5.41) is 9.36. The number of aryl methyl sites for hydroxylation is 1. The van der Waals surface area contributed by atoms with Gasteiger partial charge in [0, 0.05) is 12.0 Å². The fraction of sp³-hybridized carbons (Fsp3) is 0.500. The Morgan fingerprint density at radius 1 is 1.53 bits per heavy atom. The van der Waals surface area contributed by atoms with Gasteiger partial charge in [-0.05, 0) is 31.4 Å². The summed E-state index contributed by atoms with van der Waals surface area (Å²) >= 11 is 0. The first kappa shape index (κ1) is 10.6. The lowest BCUT2D eigenvalue weighted by molar-refractivity contribution is 0.0205. The maximum Gasteiger partial charge on any atom is 0.127 e. The van der Waals surface area contributed by atoms with Crippen molar-refractivity contribution in [3.05, 3.63) is 35.1 Å². The Labute approximate surface area is 88.9 Å². The molecule has 1 aromatic rings. The van der Waals surface area contributed by atoms with Crippen LogP contribution in [0.2, 0.25) is 0 Å². The van der Waals surface area contributed by atoms with Crippen LogP contribution in [0.1, 0.15) is 24.0 Å². The molecule has 0 aromatic heterocycles. The molecule has 1 aromatic carbocycles. The molecule has 15 heavy (non-hydrogen) atoms. The molecule has 82 valence electrons. The van der Waals surface area contributed by atoms with Gasteiger partial charge in [-0.15, -0.1) is 0 Å². The van der Waals surface area contributed by atoms with E-state index in [0.29, 0.717) is 24.9 Å². The van der Waals surface area contributed by atoms with Crippen molar-refractivity contribution in [2.24, 2.45) is 5.73 Å². The maximum atomic E-state index is 13.7. The normalized spacial score (nSPS) is 30.0. The Bertz CT molecular complexity index is 372. The van der Waals surface area contributed by atoms with Crippen LogP contribution in [0.25, 0.3) is 0 Å². The van der Waals surface area contributed by atoms with Gasteiger partial charge >= 0.3 is 0 Å². The molecule has 3 N–H and O–H groups in total. The van der Waals surface area contributed by atoms with Crippen LogP contribution in [-0.4, -0.2) is 17.8 Å². The summed E-state index contributed by atoms with van der Waals surface area (Å²) in [6, 6.07) is 5.07. The zero-order valence-electron chi connectivity index (χ0n) is 8.83. The van der Waals surface area contributed by atoms with E-state index in [1.807, 2.05) is 13.0 Å². The second-order valence-corrected chi connectivity index (χ2v) is 4.53. The number of rotatable bonds is 2. The van der Waals surface area contributed by atoms with Crippen molar-refractivity contribution in [2.45, 2.75) is 31.3 Å². The van der Waals surface area contributed by atoms with Gasteiger partial charge in [-0.2, -0.15) is 0 Å². The third kappa shape index (κ3) is 1.66. The predicted molar refractivity (Wildman–Crippen MR) is 57.1 cm³/mol. The number of benzene rings is 1. The first-order valence-electron chi connectivity index (χ1n) is 5.22. The van der Waals surface area contributed by atoms with Gasteiger partial charge in [0.15, 0.2) is 0 Å². The number of hydrogen-bond acceptors (Lipinski definition) is 2. The third-order valence-electron chi connectivity index (χ3n) is 3.34. The van der Waals surface area contributed by atoms with Crippen LogP contribution in [0.5, 0.6) is 0 Å². The van der Waals surface area contributed by atoms with Crippen molar-refractivity contribution >= 4 is 0 Å². The summed E-state index contributed by atoms with van der Waals surface area (Å²) in [7, 11) is 0. The van der Waals surface area contributed by atoms with Gasteiger partial charge < -0.3 is 10.8 Å². The first-order chi connectivity index (χ1) is 7.07. The van der Waals surface area contributed by atoms with Gasteiger partial charge in [0.1, 0.15) is 5.82 Å². The molecule has 0 unspecified atom stereocenters. The summed E-state index contributed by atoms with van der Waals surface area (Å²) < 4.78 is 13.7. The van der Waals surface area contributed by atoms with Crippen molar-refractivity contribution < 1.29 is 9.50 Å². The predicted octanol–water partition coefficient (Wildman–Crippen LogP) is 1.49. The van der Waals surface area contributed by atoms with E-state index >= 15 is 0 Å². The van der Waals surface area contributed by atoms with Crippen LogP contribution in [0.15, 0.2) is 18.2 Å². The molecule has 2 rings (SSSR count). The average Bonchev–Trinajstić information content (AvgIpc) is 2.17. The maximum absolute atomic E-state index is 13.7. The van der Waals surface area contributed by atoms with Crippen molar-refractivity contribution in [3.63, 3.8) is 0 Å². The lowest BCUT2D eigenvalue weighted by Gasteiger charge is -2.45. The molecule has 2 nitrogen and oxygen atoms in total. The Hall–Kier alpha value is -0.930. The van der Waals surface area contributed by atoms with Crippen molar-refractivity contribution in [1.82, 2.24) is 0 Å². The molecule has 3 heteroatoms. The monoisotopic (exact) mass is 209 g/mol. The minimum absolute atomic E-state index is 0.210. The standard InChI is InChI=1S/C12H16FNO/c1-8-2-3-11(13)10(4-8)12(7-14)5-9(15)6-12/h2-4,9,15H,5-7,14H2,1H3. The highest BCUT2D eigenvalue weighted by molar-refractivity contribution is 5.34. The second-order valence-electron chi connectivity index (χ2n) is 4.53. The molecule has 0 atom stereocenters. The highest BCUT2D eigenvalue weighted by Crippen LogP contribution is 2.44. The van der Waals surface area contributed by atoms with Gasteiger partial charge in [0.25, 0.3) is 0 Å². The third-order valence-corrected chi connectivity index (χ3v) is 3.34. The average molecular weight is 209 g/mol. The molecular formula is C12H16FNO. The lowest BCUT2D eigenvalue weighted by Crippen LogP contribution is -2.50. The van der Waals surface area contributed by atoms with E-state index in [-0.39, 0.29) is 17.3 Å². The lowest BCUT2D eigenvalue weighted by atomic mass is 9.62. The van der Waals surface area contributed by atoms with Gasteiger partial charge in [-0.1, -0.05) is 17.7 Å². The molecule has 1 aliphatic rings. The molecule has 0 aliphatic heterocycles. The number of aliphatic hydroxyl groups excluding tert-OH is 1. The quantitative estimate of drug-likeness (QED) is 0.775. The van der Waals surface area contributed by atoms with Crippen molar-refractivity contribution in [1.29, 1.82) is 0 Å². The van der Waals surface area contributed by atoms with Crippen LogP contribution in [0.4, 0.5) is 4.39 Å². The summed E-state index contributed by atoms with van der Waals surface area (Å²) in [5.41, 5.74) is 7.06. The van der Waals surface area contributed by atoms with Crippen LogP contribution in [0.3, 0.4) is 0 Å². The SMILES string of the molecule is Cc1ccc(F)c(C2(CN)CC(O)C2)c1. The number of hydrogen-bond donors (Lipinski definition) is 2. The Kier molecular flexibility index (Phi) is 2.52. The van der Waals surface area contributed by atoms with Gasteiger partial charge in [-0.3, -0.25) is 0 Å². The molecule has 0 bridgehead atoms. The van der Waals surface area contributed by atoms with Crippen LogP contribution >= 0.6 is 0 Å². The van der Waals surface area contributed by atoms with Gasteiger partial charge in [-0.25, -0.2) is 4.39 Å². The number of aliphatic hydroxyl groups is 1. The minimum atomic E-state index is -0.338. The van der Waals surface area contributed by atoms with E-state index in [1.54, 1.807) is 6.07 Å². The molecular weight excluding hydrogens is 193 g/mol. The van der Waals surface area contributed by atoms with Crippen LogP contribution < -0.4 is 5.73 Å². The summed E-state index contributed by atoms with van der Waals surface area (Å²) in [4.78, 5) is 0. The highest BCUT2D eigenvalue weighted by atomic mass is 19.1. The van der Waals surface area contributed by atoms with E-state index in [4.69, 9.17) is 5.73 Å². The molecule has 0 radical (unpaired) electrons. The molecule has 0 amide bonds. The summed E-state index contributed by atoms with van der Waals surface area (Å²) in [5.74, 6) is -0.210. The Balaban J connectivity index is 2.39. The highest BCUT2D eigenvalue weighted by Gasteiger charge is 2.45. The summed E-state index contributed by atoms with van der Waals surface area (Å²) in [6.07, 6.45) is 0.821. The Morgan fingerprint density at radius 2 is 2.20 bits per heavy atom. The van der Waals surface area contributed by atoms with Crippen LogP contribution in [0, 0.1) is 12.7 Å². The zero-order chi connectivity index (χ0) is 11.1. The van der Waals surface area contributed by atoms with Crippen molar-refractivity contribution in [2.75, 3.05) is 6.54 Å². The van der Waals surface area contributed by atoms with E-state index in [2.05, 4.69) is 0 Å². The largest absolute Gasteiger partial charge is 0.393 e. The van der Waals surface area contributed by atoms with E-state index in [0.717, 1.165) is 5.56 Å². The second kappa shape index (κ2) is 3.58. The fourth-order valence-corrected chi connectivity index (χ4v) is 2.38. The summed E-state index contributed by atoms with van der Waals surface area (Å²) in [6.45, 7) is 2.33. The molecule has 0 saturated heterocycles. The fourth-order valence-electron chi connectivity index (χ4n) is 2.38. The van der Waals surface area contributed by atoms with Crippen LogP contribution in [-0.2, 0) is 5.41 Å². The van der Waals surface area contributed by atoms with Gasteiger partial charge in [0.05, 0.1) is 6.10 Å². The van der Waals surface area contributed by atoms with E-state index in [1.165, 1.54) is 6.07 Å². The zero-order valence-corrected chi connectivity index (χ0v) is 8.83. The smallest absolute Gasteiger partial charge is 0.127 e. The molecule has 0 heterocycles. The molecule has 0 spiro atoms. The van der Waals surface area contributed by atoms with E-state index < -0.39 is 0 Å². The molecule has 1 fully saturated rings. The van der Waals surface area contributed by atoms with Gasteiger partial charge in [0.2, 0.25) is 0 Å². The first-order valence-corrected chi connectivity index (χ1v) is 5.22. The Morgan fingerprint density at radius 3 is 2.73 bits per heavy atom. The van der Waals surface area contributed by atoms with Crippen molar-refractivity contribution in [3.8, 4) is 0 Å². The number of nitrogens with two attached hydrogens (primary N) is 1. The van der Waals surface area contributed by atoms with E-state index in [9.17, 15) is 9.50 Å². The topological polar surface area (TPSA) is 46.2 Å². The molecule has 1 saturated carbocycles. The minimum Gasteiger partial charge on any atom is -0.393 e. The molecule has 1 aliphatic carbocycles. The number of halogens is 1.